The number of aliphatic hydroxyl groups excluding tert-OH is 1. The summed E-state index contributed by atoms with van der Waals surface area (Å²) in [7, 11) is 0. The first-order valence-electron chi connectivity index (χ1n) is 5.43. The van der Waals surface area contributed by atoms with Crippen LogP contribution in [0.15, 0.2) is 4.52 Å². The van der Waals surface area contributed by atoms with E-state index in [1.54, 1.807) is 0 Å². The molecule has 5 nitrogen and oxygen atoms in total. The molecule has 0 saturated carbocycles. The van der Waals surface area contributed by atoms with Gasteiger partial charge in [0.25, 0.3) is 0 Å². The molecule has 15 heavy (non-hydrogen) atoms. The molecule has 5 heteroatoms. The molecule has 0 spiro atoms. The lowest BCUT2D eigenvalue weighted by molar-refractivity contribution is 0.282. The maximum Gasteiger partial charge on any atom is 0.240 e. The fourth-order valence-electron chi connectivity index (χ4n) is 1.32. The SMILES string of the molecule is Cc1noc(CNCCCCCCO)n1. The van der Waals surface area contributed by atoms with E-state index in [-0.39, 0.29) is 0 Å². The standard InChI is InChI=1S/C10H19N3O2/c1-9-12-10(15-13-9)8-11-6-4-2-3-5-7-14/h11,14H,2-8H2,1H3. The van der Waals surface area contributed by atoms with E-state index >= 15 is 0 Å². The van der Waals surface area contributed by atoms with Gasteiger partial charge in [-0.05, 0) is 26.3 Å². The summed E-state index contributed by atoms with van der Waals surface area (Å²) < 4.78 is 4.95. The highest BCUT2D eigenvalue weighted by Gasteiger charge is 2.00. The third-order valence-corrected chi connectivity index (χ3v) is 2.11. The van der Waals surface area contributed by atoms with Gasteiger partial charge in [-0.1, -0.05) is 18.0 Å². The molecule has 86 valence electrons. The van der Waals surface area contributed by atoms with E-state index in [2.05, 4.69) is 15.5 Å². The second kappa shape index (κ2) is 7.36. The quantitative estimate of drug-likeness (QED) is 0.631. The zero-order valence-electron chi connectivity index (χ0n) is 9.20. The van der Waals surface area contributed by atoms with E-state index in [4.69, 9.17) is 9.63 Å². The minimum absolute atomic E-state index is 0.300. The van der Waals surface area contributed by atoms with Crippen LogP contribution in [0.5, 0.6) is 0 Å². The van der Waals surface area contributed by atoms with Crippen LogP contribution in [-0.2, 0) is 6.54 Å². The smallest absolute Gasteiger partial charge is 0.240 e. The van der Waals surface area contributed by atoms with Crippen LogP contribution in [-0.4, -0.2) is 28.4 Å². The zero-order chi connectivity index (χ0) is 10.9. The molecule has 2 N–H and O–H groups in total. The summed E-state index contributed by atoms with van der Waals surface area (Å²) in [6, 6.07) is 0. The average molecular weight is 213 g/mol. The lowest BCUT2D eigenvalue weighted by Gasteiger charge is -2.00. The van der Waals surface area contributed by atoms with Crippen LogP contribution in [0, 0.1) is 6.92 Å². The van der Waals surface area contributed by atoms with Crippen LogP contribution in [0.25, 0.3) is 0 Å². The molecule has 0 aliphatic carbocycles. The molecule has 0 bridgehead atoms. The Balaban J connectivity index is 1.93. The minimum Gasteiger partial charge on any atom is -0.396 e. The fraction of sp³-hybridized carbons (Fsp3) is 0.800. The van der Waals surface area contributed by atoms with Crippen molar-refractivity contribution in [3.63, 3.8) is 0 Å². The van der Waals surface area contributed by atoms with E-state index in [9.17, 15) is 0 Å². The summed E-state index contributed by atoms with van der Waals surface area (Å²) in [5, 5.41) is 15.5. The number of nitrogens with zero attached hydrogens (tertiary/aromatic N) is 2. The molecular formula is C10H19N3O2. The number of unbranched alkanes of at least 4 members (excludes halogenated alkanes) is 3. The number of rotatable bonds is 8. The van der Waals surface area contributed by atoms with Gasteiger partial charge in [0.05, 0.1) is 6.54 Å². The first kappa shape index (κ1) is 12.1. The van der Waals surface area contributed by atoms with Gasteiger partial charge in [-0.15, -0.1) is 0 Å². The van der Waals surface area contributed by atoms with Gasteiger partial charge >= 0.3 is 0 Å². The van der Waals surface area contributed by atoms with Gasteiger partial charge in [-0.3, -0.25) is 0 Å². The number of aryl methyl sites for hydroxylation is 1. The topological polar surface area (TPSA) is 71.2 Å². The lowest BCUT2D eigenvalue weighted by atomic mass is 10.2. The molecule has 0 unspecified atom stereocenters. The predicted octanol–water partition coefficient (Wildman–Crippen LogP) is 1.02. The van der Waals surface area contributed by atoms with E-state index in [0.29, 0.717) is 24.9 Å². The molecule has 0 fully saturated rings. The summed E-state index contributed by atoms with van der Waals surface area (Å²) in [5.41, 5.74) is 0. The molecule has 0 amide bonds. The molecule has 1 aromatic heterocycles. The van der Waals surface area contributed by atoms with E-state index in [1.165, 1.54) is 0 Å². The van der Waals surface area contributed by atoms with Crippen molar-refractivity contribution in [3.05, 3.63) is 11.7 Å². The van der Waals surface area contributed by atoms with Gasteiger partial charge < -0.3 is 14.9 Å². The second-order valence-corrected chi connectivity index (χ2v) is 3.55. The monoisotopic (exact) mass is 213 g/mol. The van der Waals surface area contributed by atoms with Crippen LogP contribution in [0.1, 0.15) is 37.4 Å². The summed E-state index contributed by atoms with van der Waals surface area (Å²) in [6.45, 7) is 3.70. The van der Waals surface area contributed by atoms with E-state index in [0.717, 1.165) is 32.2 Å². The summed E-state index contributed by atoms with van der Waals surface area (Å²) in [5.74, 6) is 1.32. The molecule has 1 aromatic rings. The van der Waals surface area contributed by atoms with Crippen LogP contribution >= 0.6 is 0 Å². The summed E-state index contributed by atoms with van der Waals surface area (Å²) in [4.78, 5) is 4.08. The average Bonchev–Trinajstić information content (AvgIpc) is 2.63. The van der Waals surface area contributed by atoms with Crippen LogP contribution in [0.4, 0.5) is 0 Å². The number of aliphatic hydroxyl groups is 1. The Morgan fingerprint density at radius 1 is 1.27 bits per heavy atom. The Kier molecular flexibility index (Phi) is 5.96. The molecule has 1 rings (SSSR count). The minimum atomic E-state index is 0.300. The zero-order valence-corrected chi connectivity index (χ0v) is 9.20. The third-order valence-electron chi connectivity index (χ3n) is 2.11. The van der Waals surface area contributed by atoms with Gasteiger partial charge in [-0.25, -0.2) is 0 Å². The first-order valence-corrected chi connectivity index (χ1v) is 5.43. The maximum atomic E-state index is 8.58. The predicted molar refractivity (Wildman–Crippen MR) is 56.3 cm³/mol. The summed E-state index contributed by atoms with van der Waals surface area (Å²) in [6.07, 6.45) is 4.27. The Hall–Kier alpha value is -0.940. The normalized spacial score (nSPS) is 10.8. The summed E-state index contributed by atoms with van der Waals surface area (Å²) >= 11 is 0. The first-order chi connectivity index (χ1) is 7.33. The van der Waals surface area contributed by atoms with Gasteiger partial charge in [0, 0.05) is 6.61 Å². The fourth-order valence-corrected chi connectivity index (χ4v) is 1.32. The molecular weight excluding hydrogens is 194 g/mol. The van der Waals surface area contributed by atoms with Crippen molar-refractivity contribution in [1.29, 1.82) is 0 Å². The second-order valence-electron chi connectivity index (χ2n) is 3.55. The number of hydrogen-bond acceptors (Lipinski definition) is 5. The molecule has 0 radical (unpaired) electrons. The molecule has 0 aliphatic heterocycles. The Morgan fingerprint density at radius 3 is 2.73 bits per heavy atom. The van der Waals surface area contributed by atoms with Gasteiger partial charge in [0.1, 0.15) is 0 Å². The van der Waals surface area contributed by atoms with E-state index in [1.807, 2.05) is 6.92 Å². The van der Waals surface area contributed by atoms with Gasteiger partial charge in [-0.2, -0.15) is 4.98 Å². The molecule has 0 aliphatic rings. The van der Waals surface area contributed by atoms with Crippen molar-refractivity contribution in [2.75, 3.05) is 13.2 Å². The van der Waals surface area contributed by atoms with Crippen molar-refractivity contribution >= 4 is 0 Å². The molecule has 0 atom stereocenters. The van der Waals surface area contributed by atoms with Crippen LogP contribution in [0.2, 0.25) is 0 Å². The van der Waals surface area contributed by atoms with Crippen molar-refractivity contribution < 1.29 is 9.63 Å². The number of aromatic nitrogens is 2. The van der Waals surface area contributed by atoms with Crippen molar-refractivity contribution in [3.8, 4) is 0 Å². The number of hydrogen-bond donors (Lipinski definition) is 2. The Morgan fingerprint density at radius 2 is 2.07 bits per heavy atom. The van der Waals surface area contributed by atoms with Crippen molar-refractivity contribution in [2.45, 2.75) is 39.2 Å². The molecule has 1 heterocycles. The Labute approximate surface area is 89.9 Å². The highest BCUT2D eigenvalue weighted by atomic mass is 16.5. The highest BCUT2D eigenvalue weighted by Crippen LogP contribution is 1.98. The van der Waals surface area contributed by atoms with E-state index < -0.39 is 0 Å². The van der Waals surface area contributed by atoms with Gasteiger partial charge in [0.2, 0.25) is 5.89 Å². The van der Waals surface area contributed by atoms with Crippen molar-refractivity contribution in [1.82, 2.24) is 15.5 Å². The van der Waals surface area contributed by atoms with Crippen molar-refractivity contribution in [2.24, 2.45) is 0 Å². The number of nitrogens with one attached hydrogen (secondary N) is 1. The molecule has 0 aromatic carbocycles. The van der Waals surface area contributed by atoms with Gasteiger partial charge in [0.15, 0.2) is 5.82 Å². The maximum absolute atomic E-state index is 8.58. The highest BCUT2D eigenvalue weighted by molar-refractivity contribution is 4.81. The third kappa shape index (κ3) is 5.49. The lowest BCUT2D eigenvalue weighted by Crippen LogP contribution is -2.14. The van der Waals surface area contributed by atoms with Crippen LogP contribution in [0.3, 0.4) is 0 Å². The van der Waals surface area contributed by atoms with Crippen LogP contribution < -0.4 is 5.32 Å². The largest absolute Gasteiger partial charge is 0.396 e. The Bertz CT molecular complexity index is 263. The molecule has 0 saturated heterocycles.